The first-order chi connectivity index (χ1) is 7.91. The standard InChI is InChI=1S/C15H25NO/c1-10(2)9-14(16)15(17)13-7-5-12(6-8-13)11(3)4/h5-8,10-11,14-15,17H,9,16H2,1-4H3. The molecule has 0 radical (unpaired) electrons. The average Bonchev–Trinajstić information content (AvgIpc) is 2.27. The van der Waals surface area contributed by atoms with E-state index in [1.54, 1.807) is 0 Å². The SMILES string of the molecule is CC(C)CC(N)C(O)c1ccc(C(C)C)cc1. The fourth-order valence-electron chi connectivity index (χ4n) is 2.00. The van der Waals surface area contributed by atoms with E-state index in [-0.39, 0.29) is 6.04 Å². The second-order valence-electron chi connectivity index (χ2n) is 5.56. The summed E-state index contributed by atoms with van der Waals surface area (Å²) in [6.45, 7) is 8.56. The third kappa shape index (κ3) is 4.14. The van der Waals surface area contributed by atoms with Crippen LogP contribution in [-0.4, -0.2) is 11.1 Å². The predicted octanol–water partition coefficient (Wildman–Crippen LogP) is 3.22. The van der Waals surface area contributed by atoms with Crippen molar-refractivity contribution in [1.29, 1.82) is 0 Å². The third-order valence-corrected chi connectivity index (χ3v) is 3.09. The van der Waals surface area contributed by atoms with Gasteiger partial charge in [-0.2, -0.15) is 0 Å². The van der Waals surface area contributed by atoms with E-state index in [0.29, 0.717) is 11.8 Å². The molecule has 0 aliphatic heterocycles. The highest BCUT2D eigenvalue weighted by Crippen LogP contribution is 2.22. The number of aliphatic hydroxyl groups is 1. The smallest absolute Gasteiger partial charge is 0.0940 e. The Labute approximate surface area is 105 Å². The van der Waals surface area contributed by atoms with Gasteiger partial charge in [0, 0.05) is 6.04 Å². The monoisotopic (exact) mass is 235 g/mol. The molecule has 0 saturated heterocycles. The van der Waals surface area contributed by atoms with E-state index in [4.69, 9.17) is 5.73 Å². The van der Waals surface area contributed by atoms with Gasteiger partial charge in [-0.25, -0.2) is 0 Å². The Morgan fingerprint density at radius 1 is 1.00 bits per heavy atom. The fourth-order valence-corrected chi connectivity index (χ4v) is 2.00. The van der Waals surface area contributed by atoms with Gasteiger partial charge in [-0.15, -0.1) is 0 Å². The minimum Gasteiger partial charge on any atom is -0.387 e. The molecule has 0 aliphatic carbocycles. The van der Waals surface area contributed by atoms with Crippen LogP contribution in [0.25, 0.3) is 0 Å². The maximum atomic E-state index is 10.1. The minimum absolute atomic E-state index is 0.181. The molecule has 2 atom stereocenters. The Morgan fingerprint density at radius 3 is 1.88 bits per heavy atom. The Bertz CT molecular complexity index is 329. The van der Waals surface area contributed by atoms with Crippen molar-refractivity contribution in [3.05, 3.63) is 35.4 Å². The van der Waals surface area contributed by atoms with Crippen LogP contribution in [0.2, 0.25) is 0 Å². The average molecular weight is 235 g/mol. The number of benzene rings is 1. The van der Waals surface area contributed by atoms with E-state index in [2.05, 4.69) is 39.8 Å². The molecule has 0 aliphatic rings. The van der Waals surface area contributed by atoms with E-state index in [9.17, 15) is 5.11 Å². The molecule has 1 aromatic rings. The Hall–Kier alpha value is -0.860. The van der Waals surface area contributed by atoms with E-state index < -0.39 is 6.10 Å². The zero-order chi connectivity index (χ0) is 13.0. The molecule has 96 valence electrons. The largest absolute Gasteiger partial charge is 0.387 e. The van der Waals surface area contributed by atoms with Crippen molar-refractivity contribution in [3.63, 3.8) is 0 Å². The van der Waals surface area contributed by atoms with Crippen molar-refractivity contribution < 1.29 is 5.11 Å². The molecule has 0 fully saturated rings. The van der Waals surface area contributed by atoms with Crippen molar-refractivity contribution in [2.45, 2.75) is 52.2 Å². The second kappa shape index (κ2) is 6.18. The molecule has 0 heterocycles. The lowest BCUT2D eigenvalue weighted by Crippen LogP contribution is -2.29. The van der Waals surface area contributed by atoms with Gasteiger partial charge in [-0.3, -0.25) is 0 Å². The maximum absolute atomic E-state index is 10.1. The van der Waals surface area contributed by atoms with E-state index in [0.717, 1.165) is 12.0 Å². The van der Waals surface area contributed by atoms with Gasteiger partial charge in [0.05, 0.1) is 6.10 Å². The summed E-state index contributed by atoms with van der Waals surface area (Å²) in [5.74, 6) is 1.03. The summed E-state index contributed by atoms with van der Waals surface area (Å²) in [6.07, 6.45) is 0.284. The summed E-state index contributed by atoms with van der Waals surface area (Å²) in [5.41, 5.74) is 8.21. The molecule has 2 heteroatoms. The molecule has 2 unspecified atom stereocenters. The van der Waals surface area contributed by atoms with Crippen LogP contribution in [0.5, 0.6) is 0 Å². The van der Waals surface area contributed by atoms with Crippen LogP contribution in [0.1, 0.15) is 57.3 Å². The molecule has 0 amide bonds. The highest BCUT2D eigenvalue weighted by atomic mass is 16.3. The van der Waals surface area contributed by atoms with Gasteiger partial charge in [0.1, 0.15) is 0 Å². The molecule has 0 bridgehead atoms. The van der Waals surface area contributed by atoms with Gasteiger partial charge >= 0.3 is 0 Å². The maximum Gasteiger partial charge on any atom is 0.0940 e. The number of aliphatic hydroxyl groups excluding tert-OH is 1. The molecule has 2 nitrogen and oxygen atoms in total. The van der Waals surface area contributed by atoms with Gasteiger partial charge in [-0.1, -0.05) is 52.0 Å². The topological polar surface area (TPSA) is 46.2 Å². The lowest BCUT2D eigenvalue weighted by atomic mass is 9.93. The third-order valence-electron chi connectivity index (χ3n) is 3.09. The van der Waals surface area contributed by atoms with Crippen molar-refractivity contribution >= 4 is 0 Å². The van der Waals surface area contributed by atoms with E-state index in [1.807, 2.05) is 12.1 Å². The highest BCUT2D eigenvalue weighted by Gasteiger charge is 2.17. The Morgan fingerprint density at radius 2 is 1.47 bits per heavy atom. The lowest BCUT2D eigenvalue weighted by Gasteiger charge is -2.21. The van der Waals surface area contributed by atoms with Crippen LogP contribution in [0.3, 0.4) is 0 Å². The number of rotatable bonds is 5. The highest BCUT2D eigenvalue weighted by molar-refractivity contribution is 5.26. The van der Waals surface area contributed by atoms with E-state index >= 15 is 0 Å². The first kappa shape index (κ1) is 14.2. The van der Waals surface area contributed by atoms with Crippen molar-refractivity contribution in [3.8, 4) is 0 Å². The Balaban J connectivity index is 2.72. The van der Waals surface area contributed by atoms with Gasteiger partial charge in [0.25, 0.3) is 0 Å². The first-order valence-electron chi connectivity index (χ1n) is 6.45. The summed E-state index contributed by atoms with van der Waals surface area (Å²) < 4.78 is 0. The van der Waals surface area contributed by atoms with Crippen molar-refractivity contribution in [2.24, 2.45) is 11.7 Å². The van der Waals surface area contributed by atoms with E-state index in [1.165, 1.54) is 5.56 Å². The number of hydrogen-bond acceptors (Lipinski definition) is 2. The van der Waals surface area contributed by atoms with Gasteiger partial charge in [0.2, 0.25) is 0 Å². The summed E-state index contributed by atoms with van der Waals surface area (Å²) in [7, 11) is 0. The van der Waals surface area contributed by atoms with Crippen molar-refractivity contribution in [2.75, 3.05) is 0 Å². The van der Waals surface area contributed by atoms with Gasteiger partial charge in [-0.05, 0) is 29.4 Å². The van der Waals surface area contributed by atoms with Crippen LogP contribution < -0.4 is 5.73 Å². The zero-order valence-electron chi connectivity index (χ0n) is 11.4. The molecule has 0 aromatic heterocycles. The Kier molecular flexibility index (Phi) is 5.16. The van der Waals surface area contributed by atoms with Crippen LogP contribution in [0.4, 0.5) is 0 Å². The molecule has 3 N–H and O–H groups in total. The molecular formula is C15H25NO. The number of nitrogens with two attached hydrogens (primary N) is 1. The quantitative estimate of drug-likeness (QED) is 0.823. The number of hydrogen-bond donors (Lipinski definition) is 2. The summed E-state index contributed by atoms with van der Waals surface area (Å²) >= 11 is 0. The normalized spacial score (nSPS) is 15.3. The molecule has 1 aromatic carbocycles. The van der Waals surface area contributed by atoms with Crippen molar-refractivity contribution in [1.82, 2.24) is 0 Å². The first-order valence-corrected chi connectivity index (χ1v) is 6.45. The van der Waals surface area contributed by atoms with Crippen LogP contribution >= 0.6 is 0 Å². The second-order valence-corrected chi connectivity index (χ2v) is 5.56. The lowest BCUT2D eigenvalue weighted by molar-refractivity contribution is 0.136. The predicted molar refractivity (Wildman–Crippen MR) is 72.9 cm³/mol. The van der Waals surface area contributed by atoms with Gasteiger partial charge < -0.3 is 10.8 Å². The van der Waals surface area contributed by atoms with Crippen LogP contribution in [-0.2, 0) is 0 Å². The fraction of sp³-hybridized carbons (Fsp3) is 0.600. The molecule has 17 heavy (non-hydrogen) atoms. The summed E-state index contributed by atoms with van der Waals surface area (Å²) in [4.78, 5) is 0. The minimum atomic E-state index is -0.557. The van der Waals surface area contributed by atoms with Crippen LogP contribution in [0, 0.1) is 5.92 Å². The van der Waals surface area contributed by atoms with Gasteiger partial charge in [0.15, 0.2) is 0 Å². The molecule has 0 spiro atoms. The molecular weight excluding hydrogens is 210 g/mol. The van der Waals surface area contributed by atoms with Crippen LogP contribution in [0.15, 0.2) is 24.3 Å². The zero-order valence-corrected chi connectivity index (χ0v) is 11.4. The molecule has 1 rings (SSSR count). The molecule has 0 saturated carbocycles. The summed E-state index contributed by atoms with van der Waals surface area (Å²) in [6, 6.07) is 7.94. The summed E-state index contributed by atoms with van der Waals surface area (Å²) in [5, 5.41) is 10.1.